The molecule has 1 unspecified atom stereocenters. The van der Waals surface area contributed by atoms with Crippen LogP contribution >= 0.6 is 0 Å². The van der Waals surface area contributed by atoms with E-state index in [-0.39, 0.29) is 29.3 Å². The summed E-state index contributed by atoms with van der Waals surface area (Å²) in [6.45, 7) is 9.12. The van der Waals surface area contributed by atoms with Crippen molar-refractivity contribution < 1.29 is 22.4 Å². The van der Waals surface area contributed by atoms with Crippen molar-refractivity contribution in [1.29, 1.82) is 0 Å². The van der Waals surface area contributed by atoms with Crippen LogP contribution in [0.25, 0.3) is 0 Å². The molecule has 0 aromatic heterocycles. The van der Waals surface area contributed by atoms with Crippen molar-refractivity contribution in [2.75, 3.05) is 17.4 Å². The molecule has 0 heterocycles. The molecule has 4 rings (SSSR count). The van der Waals surface area contributed by atoms with Gasteiger partial charge in [0.25, 0.3) is 10.0 Å². The van der Waals surface area contributed by atoms with E-state index in [4.69, 9.17) is 0 Å². The predicted molar refractivity (Wildman–Crippen MR) is 180 cm³/mol. The van der Waals surface area contributed by atoms with Gasteiger partial charge in [-0.1, -0.05) is 86.1 Å². The van der Waals surface area contributed by atoms with Gasteiger partial charge in [-0.25, -0.2) is 12.8 Å². The number of carbonyl (C=O) groups is 2. The Balaban J connectivity index is 1.82. The summed E-state index contributed by atoms with van der Waals surface area (Å²) in [4.78, 5) is 29.7. The third-order valence-corrected chi connectivity index (χ3v) is 9.71. The Morgan fingerprint density at radius 3 is 2.11 bits per heavy atom. The molecule has 2 amide bonds. The highest BCUT2D eigenvalue weighted by atomic mass is 32.2. The Morgan fingerprint density at radius 1 is 0.826 bits per heavy atom. The molecule has 0 fully saturated rings. The van der Waals surface area contributed by atoms with E-state index in [9.17, 15) is 18.0 Å². The topological polar surface area (TPSA) is 86.8 Å². The zero-order valence-electron chi connectivity index (χ0n) is 27.0. The molecule has 0 aliphatic rings. The molecule has 4 aromatic carbocycles. The van der Waals surface area contributed by atoms with Crippen molar-refractivity contribution in [3.8, 4) is 0 Å². The highest BCUT2D eigenvalue weighted by Gasteiger charge is 2.35. The molecule has 0 radical (unpaired) electrons. The quantitative estimate of drug-likeness (QED) is 0.184. The maximum atomic E-state index is 15.1. The monoisotopic (exact) mass is 643 g/mol. The van der Waals surface area contributed by atoms with Gasteiger partial charge in [-0.15, -0.1) is 0 Å². The summed E-state index contributed by atoms with van der Waals surface area (Å²) in [6.07, 6.45) is 0.152. The smallest absolute Gasteiger partial charge is 0.264 e. The summed E-state index contributed by atoms with van der Waals surface area (Å²) < 4.78 is 44.5. The summed E-state index contributed by atoms with van der Waals surface area (Å²) in [6, 6.07) is 25.9. The Hall–Kier alpha value is -4.50. The number of halogens is 1. The zero-order valence-corrected chi connectivity index (χ0v) is 27.9. The van der Waals surface area contributed by atoms with Crippen molar-refractivity contribution in [3.05, 3.63) is 131 Å². The summed E-state index contributed by atoms with van der Waals surface area (Å²) in [5.41, 5.74) is 4.04. The molecule has 0 bridgehead atoms. The molecule has 1 N–H and O–H groups in total. The Kier molecular flexibility index (Phi) is 11.4. The molecule has 46 heavy (non-hydrogen) atoms. The number of benzene rings is 4. The third-order valence-electron chi connectivity index (χ3n) is 7.92. The maximum absolute atomic E-state index is 15.1. The lowest BCUT2D eigenvalue weighted by Gasteiger charge is -2.34. The van der Waals surface area contributed by atoms with E-state index in [0.29, 0.717) is 12.2 Å². The van der Waals surface area contributed by atoms with Crippen molar-refractivity contribution in [3.63, 3.8) is 0 Å². The van der Waals surface area contributed by atoms with E-state index in [0.717, 1.165) is 26.6 Å². The third kappa shape index (κ3) is 8.60. The van der Waals surface area contributed by atoms with Crippen molar-refractivity contribution >= 4 is 27.5 Å². The number of hydrogen-bond donors (Lipinski definition) is 1. The van der Waals surface area contributed by atoms with Gasteiger partial charge in [-0.05, 0) is 73.7 Å². The van der Waals surface area contributed by atoms with Crippen LogP contribution in [0.4, 0.5) is 10.1 Å². The number of carbonyl (C=O) groups excluding carboxylic acids is 2. The number of nitrogens with one attached hydrogen (secondary N) is 1. The van der Waals surface area contributed by atoms with Crippen LogP contribution in [0.1, 0.15) is 41.7 Å². The molecule has 0 saturated carbocycles. The molecule has 9 heteroatoms. The largest absolute Gasteiger partial charge is 0.354 e. The normalized spacial score (nSPS) is 12.1. The Bertz CT molecular complexity index is 1760. The van der Waals surface area contributed by atoms with Crippen LogP contribution in [0.3, 0.4) is 0 Å². The lowest BCUT2D eigenvalue weighted by atomic mass is 10.0. The van der Waals surface area contributed by atoms with Crippen molar-refractivity contribution in [2.45, 2.75) is 58.5 Å². The van der Waals surface area contributed by atoms with E-state index in [2.05, 4.69) is 5.32 Å². The predicted octanol–water partition coefficient (Wildman–Crippen LogP) is 6.36. The number of rotatable bonds is 13. The minimum Gasteiger partial charge on any atom is -0.354 e. The van der Waals surface area contributed by atoms with Crippen LogP contribution in [0.2, 0.25) is 0 Å². The molecular formula is C37H42FN3O4S. The Labute approximate surface area is 272 Å². The first-order valence-corrected chi connectivity index (χ1v) is 16.8. The molecule has 0 saturated heterocycles. The number of nitrogens with zero attached hydrogens (tertiary/aromatic N) is 2. The lowest BCUT2D eigenvalue weighted by Crippen LogP contribution is -2.53. The van der Waals surface area contributed by atoms with Gasteiger partial charge in [-0.3, -0.25) is 13.9 Å². The molecule has 7 nitrogen and oxygen atoms in total. The number of aryl methyl sites for hydroxylation is 3. The van der Waals surface area contributed by atoms with Crippen LogP contribution in [-0.4, -0.2) is 44.3 Å². The van der Waals surface area contributed by atoms with E-state index in [1.165, 1.54) is 23.1 Å². The second kappa shape index (κ2) is 15.2. The second-order valence-corrected chi connectivity index (χ2v) is 13.9. The molecule has 4 aromatic rings. The van der Waals surface area contributed by atoms with Gasteiger partial charge in [0.2, 0.25) is 11.8 Å². The number of sulfonamides is 1. The fraction of sp³-hybridized carbons (Fsp3) is 0.297. The van der Waals surface area contributed by atoms with Gasteiger partial charge in [-0.2, -0.15) is 0 Å². The SMILES string of the molecule is Cc1ccc(S(=O)(=O)N(CC(=O)N(Cc2ccccc2F)C(Cc2ccccc2)C(=O)NCC(C)C)c2ccc(C)c(C)c2)cc1. The standard InChI is InChI=1S/C37H42FN3O4S/c1-26(2)23-39-37(43)35(22-30-11-7-6-8-12-30)40(24-31-13-9-10-14-34(31)38)36(42)25-41(32-18-17-28(4)29(5)21-32)46(44,45)33-19-15-27(3)16-20-33/h6-21,26,35H,22-25H2,1-5H3,(H,39,43). The van der Waals surface area contributed by atoms with Gasteiger partial charge in [0.1, 0.15) is 18.4 Å². The van der Waals surface area contributed by atoms with E-state index in [1.54, 1.807) is 42.5 Å². The van der Waals surface area contributed by atoms with E-state index >= 15 is 4.39 Å². The lowest BCUT2D eigenvalue weighted by molar-refractivity contribution is -0.140. The average molecular weight is 644 g/mol. The molecule has 0 aliphatic heterocycles. The van der Waals surface area contributed by atoms with Gasteiger partial charge in [0.15, 0.2) is 0 Å². The van der Waals surface area contributed by atoms with Crippen LogP contribution in [0.15, 0.2) is 102 Å². The summed E-state index contributed by atoms with van der Waals surface area (Å²) >= 11 is 0. The fourth-order valence-electron chi connectivity index (χ4n) is 5.03. The number of anilines is 1. The molecule has 242 valence electrons. The summed E-state index contributed by atoms with van der Waals surface area (Å²) in [5, 5.41) is 2.94. The minimum atomic E-state index is -4.23. The van der Waals surface area contributed by atoms with Crippen molar-refractivity contribution in [1.82, 2.24) is 10.2 Å². The first-order valence-electron chi connectivity index (χ1n) is 15.4. The van der Waals surface area contributed by atoms with Crippen LogP contribution < -0.4 is 9.62 Å². The number of hydrogen-bond acceptors (Lipinski definition) is 4. The van der Waals surface area contributed by atoms with Gasteiger partial charge in [0, 0.05) is 25.1 Å². The zero-order chi connectivity index (χ0) is 33.4. The average Bonchev–Trinajstić information content (AvgIpc) is 3.03. The summed E-state index contributed by atoms with van der Waals surface area (Å²) in [7, 11) is -4.23. The van der Waals surface area contributed by atoms with Crippen LogP contribution in [-0.2, 0) is 32.6 Å². The summed E-state index contributed by atoms with van der Waals surface area (Å²) in [5.74, 6) is -1.42. The van der Waals surface area contributed by atoms with E-state index < -0.39 is 40.2 Å². The molecule has 0 aliphatic carbocycles. The maximum Gasteiger partial charge on any atom is 0.264 e. The van der Waals surface area contributed by atoms with E-state index in [1.807, 2.05) is 71.0 Å². The highest BCUT2D eigenvalue weighted by Crippen LogP contribution is 2.27. The highest BCUT2D eigenvalue weighted by molar-refractivity contribution is 7.92. The fourth-order valence-corrected chi connectivity index (χ4v) is 6.44. The van der Waals surface area contributed by atoms with Crippen LogP contribution in [0, 0.1) is 32.5 Å². The van der Waals surface area contributed by atoms with Gasteiger partial charge < -0.3 is 10.2 Å². The van der Waals surface area contributed by atoms with Gasteiger partial charge >= 0.3 is 0 Å². The number of amides is 2. The molecular weight excluding hydrogens is 601 g/mol. The molecule has 1 atom stereocenters. The minimum absolute atomic E-state index is 0.0280. The molecule has 0 spiro atoms. The van der Waals surface area contributed by atoms with Gasteiger partial charge in [0.05, 0.1) is 10.6 Å². The Morgan fingerprint density at radius 2 is 1.48 bits per heavy atom. The second-order valence-electron chi connectivity index (χ2n) is 12.1. The van der Waals surface area contributed by atoms with Crippen molar-refractivity contribution in [2.24, 2.45) is 5.92 Å². The first-order chi connectivity index (χ1) is 21.9. The van der Waals surface area contributed by atoms with Crippen LogP contribution in [0.5, 0.6) is 0 Å². The first kappa shape index (κ1) is 34.4.